The summed E-state index contributed by atoms with van der Waals surface area (Å²) in [4.78, 5) is 37.9. The summed E-state index contributed by atoms with van der Waals surface area (Å²) < 4.78 is 31.2. The number of anilines is 2. The van der Waals surface area contributed by atoms with Crippen LogP contribution in [0.25, 0.3) is 16.9 Å². The topological polar surface area (TPSA) is 138 Å². The molecule has 4 N–H and O–H groups in total. The minimum Gasteiger partial charge on any atom is -0.435 e. The summed E-state index contributed by atoms with van der Waals surface area (Å²) in [5, 5.41) is 12.9. The molecule has 0 aliphatic carbocycles. The monoisotopic (exact) mass is 579 g/mol. The van der Waals surface area contributed by atoms with Crippen LogP contribution < -0.4 is 15.8 Å². The van der Waals surface area contributed by atoms with Crippen LogP contribution >= 0.6 is 0 Å². The number of nitrogens with one attached hydrogen (secondary N) is 1. The summed E-state index contributed by atoms with van der Waals surface area (Å²) in [6.07, 6.45) is 4.10. The average molecular weight is 580 g/mol. The van der Waals surface area contributed by atoms with Gasteiger partial charge in [0.25, 0.3) is 5.91 Å². The molecule has 0 unspecified atom stereocenters. The summed E-state index contributed by atoms with van der Waals surface area (Å²) >= 11 is 0. The van der Waals surface area contributed by atoms with E-state index in [1.807, 2.05) is 17.4 Å². The highest BCUT2D eigenvalue weighted by atomic mass is 19.3. The first-order valence-corrected chi connectivity index (χ1v) is 13.4. The predicted octanol–water partition coefficient (Wildman–Crippen LogP) is 3.04. The van der Waals surface area contributed by atoms with Crippen LogP contribution in [0.4, 0.5) is 20.3 Å². The number of ether oxygens (including phenoxy) is 1. The number of imidazole rings is 1. The third-order valence-electron chi connectivity index (χ3n) is 7.21. The van der Waals surface area contributed by atoms with Crippen LogP contribution in [-0.4, -0.2) is 86.0 Å². The zero-order valence-corrected chi connectivity index (χ0v) is 23.1. The van der Waals surface area contributed by atoms with E-state index in [-0.39, 0.29) is 17.6 Å². The first-order chi connectivity index (χ1) is 20.1. The number of rotatable bonds is 8. The fourth-order valence-corrected chi connectivity index (χ4v) is 4.86. The number of nitrogens with two attached hydrogens (primary N) is 1. The molecule has 0 bridgehead atoms. The van der Waals surface area contributed by atoms with Gasteiger partial charge in [-0.25, -0.2) is 9.97 Å². The number of amides is 2. The zero-order valence-electron chi connectivity index (χ0n) is 23.1. The lowest BCUT2D eigenvalue weighted by atomic mass is 10.1. The van der Waals surface area contributed by atoms with Crippen LogP contribution in [0.15, 0.2) is 61.1 Å². The van der Waals surface area contributed by atoms with E-state index in [1.54, 1.807) is 52.7 Å². The molecular formula is C29H31F2N7O4. The molecule has 0 spiro atoms. The van der Waals surface area contributed by atoms with Gasteiger partial charge in [0.2, 0.25) is 5.91 Å². The molecule has 220 valence electrons. The highest BCUT2D eigenvalue weighted by Crippen LogP contribution is 2.28. The van der Waals surface area contributed by atoms with Crippen LogP contribution in [0.5, 0.6) is 5.75 Å². The fraction of sp³-hybridized carbons (Fsp3) is 0.310. The molecule has 2 aromatic carbocycles. The summed E-state index contributed by atoms with van der Waals surface area (Å²) in [5.41, 5.74) is 9.87. The lowest BCUT2D eigenvalue weighted by Crippen LogP contribution is -2.56. The third-order valence-corrected chi connectivity index (χ3v) is 7.21. The van der Waals surface area contributed by atoms with Gasteiger partial charge in [0.1, 0.15) is 11.8 Å². The Balaban J connectivity index is 1.27. The Labute approximate surface area is 240 Å². The molecule has 13 heteroatoms. The SMILES string of the molecule is Cc1cc(Nc2nccn3c(-c4ccc(OC(F)F)cc4)cnc23)ccc1C(=O)N1CCN(C(=O)[C@@H](N)[C@@H](C)O)CC1. The quantitative estimate of drug-likeness (QED) is 0.290. The number of fused-ring (bicyclic) bond motifs is 1. The number of carbonyl (C=O) groups is 2. The van der Waals surface area contributed by atoms with Crippen molar-refractivity contribution in [2.75, 3.05) is 31.5 Å². The number of piperazine rings is 1. The van der Waals surface area contributed by atoms with E-state index in [9.17, 15) is 23.5 Å². The van der Waals surface area contributed by atoms with Gasteiger partial charge < -0.3 is 30.7 Å². The van der Waals surface area contributed by atoms with Gasteiger partial charge in [-0.3, -0.25) is 14.0 Å². The number of hydrogen-bond donors (Lipinski definition) is 3. The van der Waals surface area contributed by atoms with Gasteiger partial charge in [-0.2, -0.15) is 8.78 Å². The number of carbonyl (C=O) groups excluding carboxylic acids is 2. The highest BCUT2D eigenvalue weighted by molar-refractivity contribution is 5.96. The molecule has 11 nitrogen and oxygen atoms in total. The molecule has 1 aliphatic heterocycles. The van der Waals surface area contributed by atoms with Gasteiger partial charge in [0, 0.05) is 55.4 Å². The standard InChI is InChI=1S/C29H31F2N7O4/c1-17-15-20(5-8-22(17)27(40)36-11-13-37(14-12-36)28(41)24(32)18(2)39)35-25-26-34-16-23(38(26)10-9-33-25)19-3-6-21(7-4-19)42-29(30)31/h3-10,15-16,18,24,29,39H,11-14,32H2,1-2H3,(H,33,35)/t18-,24+/m1/s1. The molecule has 1 saturated heterocycles. The van der Waals surface area contributed by atoms with Gasteiger partial charge in [-0.1, -0.05) is 0 Å². The van der Waals surface area contributed by atoms with Crippen LogP contribution in [0, 0.1) is 6.92 Å². The summed E-state index contributed by atoms with van der Waals surface area (Å²) in [5.74, 6) is 0.109. The Kier molecular flexibility index (Phi) is 8.31. The lowest BCUT2D eigenvalue weighted by Gasteiger charge is -2.36. The number of aliphatic hydroxyl groups is 1. The van der Waals surface area contributed by atoms with Gasteiger partial charge in [-0.15, -0.1) is 0 Å². The molecule has 2 aromatic heterocycles. The molecule has 3 heterocycles. The molecule has 4 aromatic rings. The first-order valence-electron chi connectivity index (χ1n) is 13.4. The number of aliphatic hydroxyl groups excluding tert-OH is 1. The Bertz CT molecular complexity index is 1580. The molecule has 0 saturated carbocycles. The number of hydrogen-bond acceptors (Lipinski definition) is 8. The molecule has 5 rings (SSSR count). The minimum atomic E-state index is -2.89. The number of nitrogens with zero attached hydrogens (tertiary/aromatic N) is 5. The minimum absolute atomic E-state index is 0.0682. The van der Waals surface area contributed by atoms with Crippen molar-refractivity contribution in [3.05, 3.63) is 72.2 Å². The Morgan fingerprint density at radius 3 is 2.38 bits per heavy atom. The van der Waals surface area contributed by atoms with Crippen LogP contribution in [0.3, 0.4) is 0 Å². The van der Waals surface area contributed by atoms with E-state index in [0.717, 1.165) is 16.8 Å². The predicted molar refractivity (Wildman–Crippen MR) is 152 cm³/mol. The van der Waals surface area contributed by atoms with E-state index in [1.165, 1.54) is 19.1 Å². The van der Waals surface area contributed by atoms with Crippen molar-refractivity contribution in [1.29, 1.82) is 0 Å². The van der Waals surface area contributed by atoms with E-state index in [4.69, 9.17) is 5.73 Å². The maximum Gasteiger partial charge on any atom is 0.387 e. The largest absolute Gasteiger partial charge is 0.435 e. The Hall–Kier alpha value is -4.62. The second kappa shape index (κ2) is 12.1. The maximum absolute atomic E-state index is 13.3. The molecule has 2 atom stereocenters. The molecule has 42 heavy (non-hydrogen) atoms. The lowest BCUT2D eigenvalue weighted by molar-refractivity contribution is -0.136. The van der Waals surface area contributed by atoms with Crippen molar-refractivity contribution in [3.63, 3.8) is 0 Å². The number of aryl methyl sites for hydroxylation is 1. The van der Waals surface area contributed by atoms with Crippen molar-refractivity contribution in [1.82, 2.24) is 24.2 Å². The molecular weight excluding hydrogens is 548 g/mol. The van der Waals surface area contributed by atoms with E-state index < -0.39 is 18.8 Å². The Morgan fingerprint density at radius 2 is 1.74 bits per heavy atom. The second-order valence-corrected chi connectivity index (χ2v) is 10.1. The van der Waals surface area contributed by atoms with Gasteiger partial charge in [-0.05, 0) is 61.9 Å². The van der Waals surface area contributed by atoms with E-state index >= 15 is 0 Å². The molecule has 1 aliphatic rings. The van der Waals surface area contributed by atoms with E-state index in [2.05, 4.69) is 20.0 Å². The smallest absolute Gasteiger partial charge is 0.387 e. The molecule has 0 radical (unpaired) electrons. The first kappa shape index (κ1) is 28.9. The zero-order chi connectivity index (χ0) is 30.0. The maximum atomic E-state index is 13.3. The summed E-state index contributed by atoms with van der Waals surface area (Å²) in [7, 11) is 0. The van der Waals surface area contributed by atoms with Gasteiger partial charge in [0.15, 0.2) is 11.5 Å². The van der Waals surface area contributed by atoms with Crippen LogP contribution in [0.1, 0.15) is 22.8 Å². The van der Waals surface area contributed by atoms with Gasteiger partial charge >= 0.3 is 6.61 Å². The third kappa shape index (κ3) is 6.02. The number of aromatic nitrogens is 3. The van der Waals surface area contributed by atoms with Gasteiger partial charge in [0.05, 0.1) is 18.0 Å². The van der Waals surface area contributed by atoms with Crippen LogP contribution in [-0.2, 0) is 4.79 Å². The van der Waals surface area contributed by atoms with Crippen molar-refractivity contribution in [2.24, 2.45) is 5.73 Å². The molecule has 2 amide bonds. The van der Waals surface area contributed by atoms with Crippen molar-refractivity contribution in [2.45, 2.75) is 32.6 Å². The van der Waals surface area contributed by atoms with Crippen molar-refractivity contribution < 1.29 is 28.2 Å². The number of benzene rings is 2. The second-order valence-electron chi connectivity index (χ2n) is 10.1. The highest BCUT2D eigenvalue weighted by Gasteiger charge is 2.30. The normalized spacial score (nSPS) is 15.1. The average Bonchev–Trinajstić information content (AvgIpc) is 3.41. The van der Waals surface area contributed by atoms with E-state index in [0.29, 0.717) is 48.9 Å². The molecule has 1 fully saturated rings. The fourth-order valence-electron chi connectivity index (χ4n) is 4.86. The Morgan fingerprint density at radius 1 is 1.05 bits per heavy atom. The van der Waals surface area contributed by atoms with Crippen molar-refractivity contribution in [3.8, 4) is 17.0 Å². The summed E-state index contributed by atoms with van der Waals surface area (Å²) in [6, 6.07) is 10.7. The summed E-state index contributed by atoms with van der Waals surface area (Å²) in [6.45, 7) is 1.86. The van der Waals surface area contributed by atoms with Crippen molar-refractivity contribution >= 4 is 29.0 Å². The number of alkyl halides is 2. The number of halogens is 2. The van der Waals surface area contributed by atoms with Crippen LogP contribution in [0.2, 0.25) is 0 Å².